The number of nitrogens with two attached hydrogens (primary N) is 1. The summed E-state index contributed by atoms with van der Waals surface area (Å²) in [5, 5.41) is 4.20. The number of hydrogen-bond acceptors (Lipinski definition) is 4. The minimum absolute atomic E-state index is 0.174. The lowest BCUT2D eigenvalue weighted by atomic mass is 9.85. The summed E-state index contributed by atoms with van der Waals surface area (Å²) in [5.41, 5.74) is 9.50. The van der Waals surface area contributed by atoms with Crippen molar-refractivity contribution in [3.63, 3.8) is 0 Å². The summed E-state index contributed by atoms with van der Waals surface area (Å²) in [5.74, 6) is 0.282. The number of fused-ring (bicyclic) bond motifs is 1. The second-order valence-corrected chi connectivity index (χ2v) is 6.77. The number of benzene rings is 2. The Bertz CT molecular complexity index is 920. The summed E-state index contributed by atoms with van der Waals surface area (Å²) in [6, 6.07) is 20.1. The van der Waals surface area contributed by atoms with Crippen LogP contribution in [0.5, 0.6) is 0 Å². The van der Waals surface area contributed by atoms with E-state index in [0.717, 1.165) is 28.3 Å². The van der Waals surface area contributed by atoms with E-state index in [9.17, 15) is 4.79 Å². The molecule has 2 N–H and O–H groups in total. The van der Waals surface area contributed by atoms with Crippen LogP contribution in [0.25, 0.3) is 11.3 Å². The number of carbonyl (C=O) groups excluding carboxylic acids is 1. The second kappa shape index (κ2) is 6.67. The van der Waals surface area contributed by atoms with E-state index in [1.807, 2.05) is 60.7 Å². The smallest absolute Gasteiger partial charge is 0.225 e. The lowest BCUT2D eigenvalue weighted by Crippen LogP contribution is -2.41. The molecule has 5 nitrogen and oxygen atoms in total. The van der Waals surface area contributed by atoms with Gasteiger partial charge in [-0.15, -0.1) is 0 Å². The zero-order valence-corrected chi connectivity index (χ0v) is 14.6. The quantitative estimate of drug-likeness (QED) is 0.781. The fourth-order valence-electron chi connectivity index (χ4n) is 3.69. The number of anilines is 1. The maximum atomic E-state index is 11.9. The monoisotopic (exact) mass is 347 g/mol. The number of aromatic nitrogens is 1. The number of rotatable bonds is 4. The summed E-state index contributed by atoms with van der Waals surface area (Å²) in [6.45, 7) is 2.71. The number of para-hydroxylation sites is 1. The van der Waals surface area contributed by atoms with Gasteiger partial charge in [0.1, 0.15) is 5.69 Å². The average molecular weight is 347 g/mol. The zero-order valence-electron chi connectivity index (χ0n) is 14.6. The van der Waals surface area contributed by atoms with Crippen molar-refractivity contribution in [3.05, 3.63) is 72.0 Å². The molecule has 26 heavy (non-hydrogen) atoms. The van der Waals surface area contributed by atoms with Crippen molar-refractivity contribution in [2.75, 3.05) is 4.90 Å². The Morgan fingerprint density at radius 1 is 1.19 bits per heavy atom. The van der Waals surface area contributed by atoms with Gasteiger partial charge in [-0.2, -0.15) is 0 Å². The molecule has 3 aromatic rings. The summed E-state index contributed by atoms with van der Waals surface area (Å²) >= 11 is 0. The highest BCUT2D eigenvalue weighted by molar-refractivity contribution is 5.85. The van der Waals surface area contributed by atoms with Gasteiger partial charge in [0.15, 0.2) is 5.76 Å². The molecule has 2 aromatic carbocycles. The van der Waals surface area contributed by atoms with Crippen molar-refractivity contribution in [2.45, 2.75) is 31.8 Å². The Balaban J connectivity index is 1.63. The van der Waals surface area contributed by atoms with Crippen LogP contribution in [0.15, 0.2) is 65.2 Å². The molecule has 0 bridgehead atoms. The van der Waals surface area contributed by atoms with E-state index < -0.39 is 0 Å². The molecule has 1 amide bonds. The molecule has 0 saturated heterocycles. The van der Waals surface area contributed by atoms with E-state index in [2.05, 4.69) is 17.0 Å². The summed E-state index contributed by atoms with van der Waals surface area (Å²) in [6.07, 6.45) is 0.700. The highest BCUT2D eigenvalue weighted by Gasteiger charge is 2.33. The first kappa shape index (κ1) is 16.4. The van der Waals surface area contributed by atoms with E-state index in [0.29, 0.717) is 13.0 Å². The maximum Gasteiger partial charge on any atom is 0.225 e. The van der Waals surface area contributed by atoms with Gasteiger partial charge in [0, 0.05) is 23.4 Å². The number of primary amides is 1. The van der Waals surface area contributed by atoms with Gasteiger partial charge >= 0.3 is 0 Å². The van der Waals surface area contributed by atoms with Crippen LogP contribution >= 0.6 is 0 Å². The molecule has 4 rings (SSSR count). The molecule has 2 heterocycles. The van der Waals surface area contributed by atoms with Gasteiger partial charge in [-0.1, -0.05) is 53.7 Å². The maximum absolute atomic E-state index is 11.9. The van der Waals surface area contributed by atoms with Crippen molar-refractivity contribution >= 4 is 11.6 Å². The van der Waals surface area contributed by atoms with Gasteiger partial charge in [-0.3, -0.25) is 4.79 Å². The standard InChI is InChI=1S/C21H21N3O2/c1-14-11-18(21(22)25)17-9-5-6-10-20(17)24(14)13-16-12-19(23-26-16)15-7-3-2-4-8-15/h2-10,12,14,18H,11,13H2,1H3,(H2,22,25)/t14-,18+/m1/s1. The minimum atomic E-state index is -0.269. The predicted octanol–water partition coefficient (Wildman–Crippen LogP) is 3.71. The van der Waals surface area contributed by atoms with Gasteiger partial charge in [-0.05, 0) is 25.0 Å². The van der Waals surface area contributed by atoms with Crippen molar-refractivity contribution < 1.29 is 9.32 Å². The molecule has 1 aliphatic rings. The molecule has 0 saturated carbocycles. The van der Waals surface area contributed by atoms with E-state index in [4.69, 9.17) is 10.3 Å². The van der Waals surface area contributed by atoms with Crippen LogP contribution in [0.3, 0.4) is 0 Å². The number of amides is 1. The van der Waals surface area contributed by atoms with Gasteiger partial charge in [0.2, 0.25) is 5.91 Å². The molecule has 0 radical (unpaired) electrons. The lowest BCUT2D eigenvalue weighted by Gasteiger charge is -2.39. The third-order valence-corrected chi connectivity index (χ3v) is 5.03. The first-order valence-corrected chi connectivity index (χ1v) is 8.79. The minimum Gasteiger partial charge on any atom is -0.369 e. The van der Waals surface area contributed by atoms with E-state index >= 15 is 0 Å². The van der Waals surface area contributed by atoms with Crippen LogP contribution in [0.2, 0.25) is 0 Å². The molecule has 0 fully saturated rings. The van der Waals surface area contributed by atoms with Crippen molar-refractivity contribution in [2.24, 2.45) is 5.73 Å². The highest BCUT2D eigenvalue weighted by Crippen LogP contribution is 2.39. The Hall–Kier alpha value is -3.08. The van der Waals surface area contributed by atoms with Crippen LogP contribution in [0.4, 0.5) is 5.69 Å². The highest BCUT2D eigenvalue weighted by atomic mass is 16.5. The van der Waals surface area contributed by atoms with Crippen molar-refractivity contribution in [3.8, 4) is 11.3 Å². The van der Waals surface area contributed by atoms with Gasteiger partial charge in [0.25, 0.3) is 0 Å². The predicted molar refractivity (Wildman–Crippen MR) is 101 cm³/mol. The molecule has 2 atom stereocenters. The molecule has 0 aliphatic carbocycles. The molecular formula is C21H21N3O2. The molecular weight excluding hydrogens is 326 g/mol. The van der Waals surface area contributed by atoms with Crippen LogP contribution in [-0.2, 0) is 11.3 Å². The topological polar surface area (TPSA) is 72.4 Å². The third-order valence-electron chi connectivity index (χ3n) is 5.03. The van der Waals surface area contributed by atoms with Crippen LogP contribution in [0, 0.1) is 0 Å². The van der Waals surface area contributed by atoms with Crippen LogP contribution in [-0.4, -0.2) is 17.1 Å². The lowest BCUT2D eigenvalue weighted by molar-refractivity contribution is -0.119. The van der Waals surface area contributed by atoms with Gasteiger partial charge < -0.3 is 15.2 Å². The first-order valence-electron chi connectivity index (χ1n) is 8.79. The Morgan fingerprint density at radius 3 is 2.69 bits per heavy atom. The Morgan fingerprint density at radius 2 is 1.92 bits per heavy atom. The SMILES string of the molecule is C[C@@H]1C[C@H](C(N)=O)c2ccccc2N1Cc1cc(-c2ccccc2)no1. The normalized spacial score (nSPS) is 19.2. The molecule has 132 valence electrons. The van der Waals surface area contributed by atoms with E-state index in [1.54, 1.807) is 0 Å². The van der Waals surface area contributed by atoms with E-state index in [1.165, 1.54) is 0 Å². The van der Waals surface area contributed by atoms with E-state index in [-0.39, 0.29) is 17.9 Å². The summed E-state index contributed by atoms with van der Waals surface area (Å²) in [7, 11) is 0. The number of carbonyl (C=O) groups is 1. The average Bonchev–Trinajstić information content (AvgIpc) is 3.13. The zero-order chi connectivity index (χ0) is 18.1. The third kappa shape index (κ3) is 2.96. The fraction of sp³-hybridized carbons (Fsp3) is 0.238. The van der Waals surface area contributed by atoms with Crippen LogP contribution < -0.4 is 10.6 Å². The number of nitrogens with zero attached hydrogens (tertiary/aromatic N) is 2. The second-order valence-electron chi connectivity index (χ2n) is 6.77. The molecule has 1 aliphatic heterocycles. The largest absolute Gasteiger partial charge is 0.369 e. The first-order chi connectivity index (χ1) is 12.6. The number of hydrogen-bond donors (Lipinski definition) is 1. The molecule has 5 heteroatoms. The van der Waals surface area contributed by atoms with Crippen LogP contribution in [0.1, 0.15) is 30.6 Å². The molecule has 1 aromatic heterocycles. The van der Waals surface area contributed by atoms with Gasteiger partial charge in [-0.25, -0.2) is 0 Å². The molecule has 0 unspecified atom stereocenters. The Labute approximate surface area is 152 Å². The summed E-state index contributed by atoms with van der Waals surface area (Å²) < 4.78 is 5.58. The van der Waals surface area contributed by atoms with Gasteiger partial charge in [0.05, 0.1) is 12.5 Å². The van der Waals surface area contributed by atoms with Crippen molar-refractivity contribution in [1.82, 2.24) is 5.16 Å². The molecule has 0 spiro atoms. The summed E-state index contributed by atoms with van der Waals surface area (Å²) in [4.78, 5) is 14.1. The fourth-order valence-corrected chi connectivity index (χ4v) is 3.69. The van der Waals surface area contributed by atoms with Crippen molar-refractivity contribution in [1.29, 1.82) is 0 Å². The Kier molecular flexibility index (Phi) is 4.21.